The lowest BCUT2D eigenvalue weighted by Crippen LogP contribution is -1.85. The Hall–Kier alpha value is -3.33. The van der Waals surface area contributed by atoms with Crippen molar-refractivity contribution in [2.24, 2.45) is 0 Å². The normalized spacial score (nSPS) is 11.5. The molecule has 6 aromatic rings. The molecule has 4 aromatic carbocycles. The van der Waals surface area contributed by atoms with Gasteiger partial charge in [0.15, 0.2) is 11.6 Å². The molecule has 0 N–H and O–H groups in total. The third kappa shape index (κ3) is 3.15. The first kappa shape index (κ1) is 19.4. The average molecular weight is 459 g/mol. The Bertz CT molecular complexity index is 1780. The predicted molar refractivity (Wildman–Crippen MR) is 129 cm³/mol. The lowest BCUT2D eigenvalue weighted by atomic mass is 10.0. The largest absolute Gasteiger partial charge is 0.206 e. The van der Waals surface area contributed by atoms with E-state index in [2.05, 4.69) is 11.8 Å². The Kier molecular flexibility index (Phi) is 4.29. The van der Waals surface area contributed by atoms with Crippen LogP contribution < -0.4 is 0 Å². The smallest absolute Gasteiger partial charge is 0.159 e. The molecule has 0 fully saturated rings. The molecule has 2 heterocycles. The van der Waals surface area contributed by atoms with Crippen LogP contribution in [0.2, 0.25) is 0 Å². The van der Waals surface area contributed by atoms with Gasteiger partial charge in [0.1, 0.15) is 5.82 Å². The van der Waals surface area contributed by atoms with Crippen LogP contribution in [0, 0.1) is 36.2 Å². The molecule has 0 nitrogen and oxygen atoms in total. The molecule has 0 saturated heterocycles. The van der Waals surface area contributed by atoms with E-state index in [-0.39, 0.29) is 5.82 Å². The lowest BCUT2D eigenvalue weighted by molar-refractivity contribution is 0.511. The molecule has 0 unspecified atom stereocenters. The third-order valence-electron chi connectivity index (χ3n) is 5.57. The second kappa shape index (κ2) is 7.09. The van der Waals surface area contributed by atoms with E-state index in [9.17, 15) is 13.2 Å². The van der Waals surface area contributed by atoms with Crippen LogP contribution in [0.1, 0.15) is 15.3 Å². The second-order valence-corrected chi connectivity index (χ2v) is 10.1. The van der Waals surface area contributed by atoms with Crippen molar-refractivity contribution in [2.45, 2.75) is 6.92 Å². The van der Waals surface area contributed by atoms with Crippen LogP contribution in [-0.2, 0) is 0 Å². The van der Waals surface area contributed by atoms with Gasteiger partial charge in [0, 0.05) is 25.0 Å². The Morgan fingerprint density at radius 1 is 0.594 bits per heavy atom. The average Bonchev–Trinajstić information content (AvgIpc) is 3.32. The quantitative estimate of drug-likeness (QED) is 0.200. The van der Waals surface area contributed by atoms with Gasteiger partial charge >= 0.3 is 0 Å². The summed E-state index contributed by atoms with van der Waals surface area (Å²) in [6, 6.07) is 17.4. The number of hydrogen-bond acceptors (Lipinski definition) is 2. The number of hydrogen-bond donors (Lipinski definition) is 0. The van der Waals surface area contributed by atoms with Crippen molar-refractivity contribution in [1.29, 1.82) is 0 Å². The Morgan fingerprint density at radius 3 is 1.75 bits per heavy atom. The molecule has 0 aliphatic heterocycles. The van der Waals surface area contributed by atoms with E-state index < -0.39 is 11.6 Å². The van der Waals surface area contributed by atoms with E-state index in [0.29, 0.717) is 16.3 Å². The number of benzene rings is 4. The molecule has 2 aromatic heterocycles. The minimum absolute atomic E-state index is 0.361. The minimum Gasteiger partial charge on any atom is -0.206 e. The van der Waals surface area contributed by atoms with Crippen molar-refractivity contribution < 1.29 is 13.2 Å². The van der Waals surface area contributed by atoms with E-state index in [1.807, 2.05) is 43.3 Å². The molecule has 0 radical (unpaired) electrons. The fourth-order valence-corrected chi connectivity index (χ4v) is 5.90. The Labute approximate surface area is 189 Å². The van der Waals surface area contributed by atoms with Crippen LogP contribution in [0.5, 0.6) is 0 Å². The van der Waals surface area contributed by atoms with Crippen molar-refractivity contribution in [1.82, 2.24) is 0 Å². The predicted octanol–water partition coefficient (Wildman–Crippen LogP) is 8.55. The monoisotopic (exact) mass is 458 g/mol. The molecule has 32 heavy (non-hydrogen) atoms. The van der Waals surface area contributed by atoms with Gasteiger partial charge in [-0.2, -0.15) is 0 Å². The summed E-state index contributed by atoms with van der Waals surface area (Å²) in [5.74, 6) is 3.92. The molecule has 0 atom stereocenters. The Morgan fingerprint density at radius 2 is 1.16 bits per heavy atom. The maximum atomic E-state index is 14.8. The summed E-state index contributed by atoms with van der Waals surface area (Å²) in [6.45, 7) is 2.01. The van der Waals surface area contributed by atoms with Crippen LogP contribution in [0.15, 0.2) is 60.7 Å². The Balaban J connectivity index is 1.55. The number of halogens is 3. The van der Waals surface area contributed by atoms with Gasteiger partial charge in [0.05, 0.1) is 10.4 Å². The van der Waals surface area contributed by atoms with Crippen molar-refractivity contribution in [3.63, 3.8) is 0 Å². The fraction of sp³-hybridized carbons (Fsp3) is 0.0370. The van der Waals surface area contributed by atoms with Gasteiger partial charge < -0.3 is 0 Å². The summed E-state index contributed by atoms with van der Waals surface area (Å²) in [4.78, 5) is 2.07. The maximum Gasteiger partial charge on any atom is 0.159 e. The molecule has 0 amide bonds. The van der Waals surface area contributed by atoms with Gasteiger partial charge in [-0.15, -0.1) is 22.7 Å². The molecule has 5 heteroatoms. The summed E-state index contributed by atoms with van der Waals surface area (Å²) in [6.07, 6.45) is 0. The van der Waals surface area contributed by atoms with Gasteiger partial charge in [0.25, 0.3) is 0 Å². The molecule has 154 valence electrons. The molecular weight excluding hydrogens is 445 g/mol. The van der Waals surface area contributed by atoms with Gasteiger partial charge in [-0.1, -0.05) is 11.8 Å². The molecule has 0 aliphatic rings. The van der Waals surface area contributed by atoms with Crippen molar-refractivity contribution in [2.75, 3.05) is 0 Å². The number of rotatable bonds is 0. The molecule has 6 rings (SSSR count). The second-order valence-electron chi connectivity index (χ2n) is 7.75. The van der Waals surface area contributed by atoms with Crippen molar-refractivity contribution in [3.8, 4) is 11.8 Å². The molecule has 0 spiro atoms. The molecule has 0 bridgehead atoms. The summed E-state index contributed by atoms with van der Waals surface area (Å²) < 4.78 is 44.2. The fourth-order valence-electron chi connectivity index (χ4n) is 4.01. The SMILES string of the molecule is Cc1ccc(C#Cc2cc3cc4sc5cc6cc(F)c(F)cc6cc5c4cc3cc2F)s1. The zero-order valence-electron chi connectivity index (χ0n) is 16.7. The maximum absolute atomic E-state index is 14.8. The summed E-state index contributed by atoms with van der Waals surface area (Å²) in [5.41, 5.74) is 0.362. The first-order valence-corrected chi connectivity index (χ1v) is 11.5. The van der Waals surface area contributed by atoms with Crippen LogP contribution in [-0.4, -0.2) is 0 Å². The highest BCUT2D eigenvalue weighted by Gasteiger charge is 2.12. The topological polar surface area (TPSA) is 0 Å². The molecule has 0 aliphatic carbocycles. The zero-order chi connectivity index (χ0) is 22.0. The summed E-state index contributed by atoms with van der Waals surface area (Å²) >= 11 is 3.16. The van der Waals surface area contributed by atoms with E-state index in [4.69, 9.17) is 0 Å². The van der Waals surface area contributed by atoms with E-state index in [0.717, 1.165) is 35.8 Å². The summed E-state index contributed by atoms with van der Waals surface area (Å²) in [5, 5.41) is 4.88. The molecule has 0 saturated carbocycles. The van der Waals surface area contributed by atoms with Crippen LogP contribution in [0.3, 0.4) is 0 Å². The minimum atomic E-state index is -0.866. The highest BCUT2D eigenvalue weighted by Crippen LogP contribution is 2.39. The third-order valence-corrected chi connectivity index (χ3v) is 7.60. The highest BCUT2D eigenvalue weighted by molar-refractivity contribution is 7.26. The number of thiophene rings is 2. The van der Waals surface area contributed by atoms with E-state index in [1.165, 1.54) is 23.1 Å². The van der Waals surface area contributed by atoms with Crippen LogP contribution in [0.25, 0.3) is 41.7 Å². The van der Waals surface area contributed by atoms with Crippen molar-refractivity contribution in [3.05, 3.63) is 93.4 Å². The molecular formula is C27H13F3S2. The highest BCUT2D eigenvalue weighted by atomic mass is 32.1. The van der Waals surface area contributed by atoms with E-state index >= 15 is 0 Å². The zero-order valence-corrected chi connectivity index (χ0v) is 18.4. The van der Waals surface area contributed by atoms with Gasteiger partial charge in [-0.3, -0.25) is 0 Å². The number of aryl methyl sites for hydroxylation is 1. The van der Waals surface area contributed by atoms with E-state index in [1.54, 1.807) is 28.7 Å². The first-order valence-electron chi connectivity index (χ1n) is 9.91. The van der Waals surface area contributed by atoms with Gasteiger partial charge in [0.2, 0.25) is 0 Å². The standard InChI is InChI=1S/C27H13F3S2/c1-14-2-4-20(31-14)5-3-15-6-16-12-26-21(7-17(16)9-23(15)28)22-8-18-10-24(29)25(30)11-19(18)13-27(22)32-26/h2,4,6-13H,1H3. The summed E-state index contributed by atoms with van der Waals surface area (Å²) in [7, 11) is 0. The van der Waals surface area contributed by atoms with Crippen LogP contribution in [0.4, 0.5) is 13.2 Å². The van der Waals surface area contributed by atoms with Gasteiger partial charge in [-0.05, 0) is 89.1 Å². The van der Waals surface area contributed by atoms with Crippen LogP contribution >= 0.6 is 22.7 Å². The first-order chi connectivity index (χ1) is 15.4. The number of fused-ring (bicyclic) bond motifs is 5. The lowest BCUT2D eigenvalue weighted by Gasteiger charge is -2.03. The van der Waals surface area contributed by atoms with Crippen molar-refractivity contribution >= 4 is 64.4 Å². The van der Waals surface area contributed by atoms with Gasteiger partial charge in [-0.25, -0.2) is 13.2 Å².